The third kappa shape index (κ3) is 2.53. The van der Waals surface area contributed by atoms with Gasteiger partial charge < -0.3 is 4.74 Å². The van der Waals surface area contributed by atoms with Crippen molar-refractivity contribution in [3.8, 4) is 0 Å². The highest BCUT2D eigenvalue weighted by atomic mass is 16.5. The predicted octanol–water partition coefficient (Wildman–Crippen LogP) is 3.38. The van der Waals surface area contributed by atoms with Crippen LogP contribution in [0.25, 0.3) is 0 Å². The smallest absolute Gasteiger partial charge is 0.306 e. The minimum atomic E-state index is -0.0816. The molecule has 1 fully saturated rings. The number of benzene rings is 2. The second kappa shape index (κ2) is 5.27. The van der Waals surface area contributed by atoms with Gasteiger partial charge >= 0.3 is 5.97 Å². The van der Waals surface area contributed by atoms with E-state index in [1.54, 1.807) is 0 Å². The summed E-state index contributed by atoms with van der Waals surface area (Å²) in [5, 5.41) is 0. The maximum absolute atomic E-state index is 11.4. The highest BCUT2D eigenvalue weighted by Gasteiger charge is 2.32. The molecule has 3 rings (SSSR count). The lowest BCUT2D eigenvalue weighted by molar-refractivity contribution is -0.137. The molecule has 1 saturated heterocycles. The predicted molar refractivity (Wildman–Crippen MR) is 73.8 cm³/mol. The van der Waals surface area contributed by atoms with Crippen LogP contribution in [0.1, 0.15) is 23.5 Å². The van der Waals surface area contributed by atoms with E-state index in [1.165, 1.54) is 11.1 Å². The Morgan fingerprint density at radius 3 is 1.84 bits per heavy atom. The van der Waals surface area contributed by atoms with Crippen molar-refractivity contribution in [2.24, 2.45) is 5.92 Å². The second-order valence-corrected chi connectivity index (χ2v) is 4.95. The van der Waals surface area contributed by atoms with Gasteiger partial charge in [0.2, 0.25) is 0 Å². The van der Waals surface area contributed by atoms with Crippen LogP contribution in [0.5, 0.6) is 0 Å². The van der Waals surface area contributed by atoms with Gasteiger partial charge in [-0.2, -0.15) is 0 Å². The van der Waals surface area contributed by atoms with Crippen LogP contribution < -0.4 is 0 Å². The zero-order valence-electron chi connectivity index (χ0n) is 10.7. The molecule has 0 amide bonds. The molecule has 0 spiro atoms. The number of ether oxygens (including phenoxy) is 1. The summed E-state index contributed by atoms with van der Waals surface area (Å²) in [4.78, 5) is 11.4. The van der Waals surface area contributed by atoms with Crippen LogP contribution in [0, 0.1) is 5.92 Å². The van der Waals surface area contributed by atoms with E-state index in [-0.39, 0.29) is 17.8 Å². The molecule has 0 bridgehead atoms. The third-order valence-corrected chi connectivity index (χ3v) is 3.68. The molecule has 1 atom stereocenters. The van der Waals surface area contributed by atoms with E-state index >= 15 is 0 Å². The molecule has 96 valence electrons. The summed E-state index contributed by atoms with van der Waals surface area (Å²) in [6.45, 7) is 0.521. The van der Waals surface area contributed by atoms with Crippen molar-refractivity contribution >= 4 is 5.97 Å². The number of carbonyl (C=O) groups is 1. The minimum Gasteiger partial charge on any atom is -0.465 e. The van der Waals surface area contributed by atoms with Gasteiger partial charge in [-0.05, 0) is 11.1 Å². The maximum atomic E-state index is 11.4. The molecule has 19 heavy (non-hydrogen) atoms. The maximum Gasteiger partial charge on any atom is 0.306 e. The standard InChI is InChI=1S/C17H16O2/c18-16-11-15(12-19-16)17(13-7-3-1-4-8-13)14-9-5-2-6-10-14/h1-10,15,17H,11-12H2. The fraction of sp³-hybridized carbons (Fsp3) is 0.235. The second-order valence-electron chi connectivity index (χ2n) is 4.95. The van der Waals surface area contributed by atoms with Crippen molar-refractivity contribution in [3.63, 3.8) is 0 Å². The molecule has 0 saturated carbocycles. The largest absolute Gasteiger partial charge is 0.465 e. The molecule has 2 nitrogen and oxygen atoms in total. The van der Waals surface area contributed by atoms with Crippen molar-refractivity contribution in [3.05, 3.63) is 71.8 Å². The molecule has 0 N–H and O–H groups in total. The molecule has 0 aliphatic carbocycles. The first-order valence-corrected chi connectivity index (χ1v) is 6.60. The number of esters is 1. The molecule has 1 aliphatic rings. The Balaban J connectivity index is 1.99. The summed E-state index contributed by atoms with van der Waals surface area (Å²) in [6.07, 6.45) is 0.508. The van der Waals surface area contributed by atoms with Gasteiger partial charge in [0.25, 0.3) is 0 Å². The van der Waals surface area contributed by atoms with Crippen molar-refractivity contribution in [1.29, 1.82) is 0 Å². The van der Waals surface area contributed by atoms with E-state index in [1.807, 2.05) is 36.4 Å². The highest BCUT2D eigenvalue weighted by Crippen LogP contribution is 2.36. The molecule has 0 aromatic heterocycles. The monoisotopic (exact) mass is 252 g/mol. The lowest BCUT2D eigenvalue weighted by atomic mass is 9.80. The summed E-state index contributed by atoms with van der Waals surface area (Å²) in [7, 11) is 0. The zero-order chi connectivity index (χ0) is 13.1. The SMILES string of the molecule is O=C1CC(C(c2ccccc2)c2ccccc2)CO1. The van der Waals surface area contributed by atoms with E-state index < -0.39 is 0 Å². The Morgan fingerprint density at radius 2 is 1.42 bits per heavy atom. The van der Waals surface area contributed by atoms with Crippen LogP contribution in [-0.4, -0.2) is 12.6 Å². The van der Waals surface area contributed by atoms with Crippen molar-refractivity contribution < 1.29 is 9.53 Å². The molecular weight excluding hydrogens is 236 g/mol. The van der Waals surface area contributed by atoms with Gasteiger partial charge in [-0.25, -0.2) is 0 Å². The fourth-order valence-electron chi connectivity index (χ4n) is 2.80. The first kappa shape index (κ1) is 12.0. The molecule has 2 aromatic carbocycles. The van der Waals surface area contributed by atoms with Gasteiger partial charge in [0.05, 0.1) is 13.0 Å². The van der Waals surface area contributed by atoms with Crippen LogP contribution in [0.2, 0.25) is 0 Å². The summed E-state index contributed by atoms with van der Waals surface area (Å²) >= 11 is 0. The van der Waals surface area contributed by atoms with E-state index in [2.05, 4.69) is 24.3 Å². The van der Waals surface area contributed by atoms with Crippen LogP contribution in [-0.2, 0) is 9.53 Å². The summed E-state index contributed by atoms with van der Waals surface area (Å²) < 4.78 is 5.15. The van der Waals surface area contributed by atoms with Crippen molar-refractivity contribution in [2.45, 2.75) is 12.3 Å². The number of carbonyl (C=O) groups excluding carboxylic acids is 1. The van der Waals surface area contributed by atoms with Crippen molar-refractivity contribution in [1.82, 2.24) is 0 Å². The quantitative estimate of drug-likeness (QED) is 0.783. The molecule has 1 heterocycles. The topological polar surface area (TPSA) is 26.3 Å². The van der Waals surface area contributed by atoms with Gasteiger partial charge in [-0.3, -0.25) is 4.79 Å². The van der Waals surface area contributed by atoms with Crippen LogP contribution in [0.15, 0.2) is 60.7 Å². The Labute approximate surface area is 113 Å². The highest BCUT2D eigenvalue weighted by molar-refractivity contribution is 5.72. The molecule has 2 heteroatoms. The van der Waals surface area contributed by atoms with Crippen LogP contribution in [0.4, 0.5) is 0 Å². The van der Waals surface area contributed by atoms with Gasteiger partial charge in [0, 0.05) is 11.8 Å². The Morgan fingerprint density at radius 1 is 0.895 bits per heavy atom. The summed E-state index contributed by atoms with van der Waals surface area (Å²) in [6, 6.07) is 20.7. The van der Waals surface area contributed by atoms with Crippen LogP contribution >= 0.6 is 0 Å². The number of rotatable bonds is 3. The van der Waals surface area contributed by atoms with Gasteiger partial charge in [0.1, 0.15) is 0 Å². The third-order valence-electron chi connectivity index (χ3n) is 3.68. The Kier molecular flexibility index (Phi) is 3.32. The fourth-order valence-corrected chi connectivity index (χ4v) is 2.80. The van der Waals surface area contributed by atoms with E-state index in [0.717, 1.165) is 0 Å². The lowest BCUT2D eigenvalue weighted by Gasteiger charge is -2.22. The average Bonchev–Trinajstić information content (AvgIpc) is 2.88. The van der Waals surface area contributed by atoms with Crippen molar-refractivity contribution in [2.75, 3.05) is 6.61 Å². The van der Waals surface area contributed by atoms with Gasteiger partial charge in [-0.15, -0.1) is 0 Å². The molecule has 0 radical (unpaired) electrons. The average molecular weight is 252 g/mol. The van der Waals surface area contributed by atoms with Crippen LogP contribution in [0.3, 0.4) is 0 Å². The minimum absolute atomic E-state index is 0.0816. The zero-order valence-corrected chi connectivity index (χ0v) is 10.7. The molecule has 2 aromatic rings. The van der Waals surface area contributed by atoms with E-state index in [4.69, 9.17) is 4.74 Å². The van der Waals surface area contributed by atoms with Gasteiger partial charge in [-0.1, -0.05) is 60.7 Å². The Hall–Kier alpha value is -2.09. The first-order chi connectivity index (χ1) is 9.34. The first-order valence-electron chi connectivity index (χ1n) is 6.60. The molecule has 1 unspecified atom stereocenters. The number of cyclic esters (lactones) is 1. The summed E-state index contributed by atoms with van der Waals surface area (Å²) in [5.41, 5.74) is 2.49. The molecular formula is C17H16O2. The van der Waals surface area contributed by atoms with E-state index in [9.17, 15) is 4.79 Å². The Bertz CT molecular complexity index is 508. The summed E-state index contributed by atoms with van der Waals surface area (Å²) in [5.74, 6) is 0.382. The number of hydrogen-bond donors (Lipinski definition) is 0. The number of hydrogen-bond acceptors (Lipinski definition) is 2. The van der Waals surface area contributed by atoms with Gasteiger partial charge in [0.15, 0.2) is 0 Å². The lowest BCUT2D eigenvalue weighted by Crippen LogP contribution is -2.14. The normalized spacial score (nSPS) is 18.6. The van der Waals surface area contributed by atoms with E-state index in [0.29, 0.717) is 13.0 Å². The molecule has 1 aliphatic heterocycles.